The number of ketones is 1. The number of carbonyl (C=O) groups is 4. The molecule has 0 aromatic heterocycles. The maximum atomic E-state index is 15.8. The van der Waals surface area contributed by atoms with Crippen LogP contribution in [0.4, 0.5) is 13.2 Å². The molecule has 1 aromatic rings. The van der Waals surface area contributed by atoms with Crippen LogP contribution in [0.3, 0.4) is 0 Å². The van der Waals surface area contributed by atoms with E-state index in [2.05, 4.69) is 0 Å². The van der Waals surface area contributed by atoms with Crippen LogP contribution in [-0.2, 0) is 48.5 Å². The fourth-order valence-corrected chi connectivity index (χ4v) is 11.0. The summed E-state index contributed by atoms with van der Waals surface area (Å²) in [6.45, 7) is 9.46. The zero-order valence-electron chi connectivity index (χ0n) is 34.6. The molecule has 0 unspecified atom stereocenters. The number of fused-ring (bicyclic) bond motifs is 3. The Morgan fingerprint density at radius 2 is 1.69 bits per heavy atom. The Labute approximate surface area is 338 Å². The number of hydrogen-bond acceptors (Lipinski definition) is 9. The fraction of sp³-hybridized carbons (Fsp3) is 0.565. The van der Waals surface area contributed by atoms with Crippen molar-refractivity contribution in [1.29, 1.82) is 0 Å². The number of carbonyl (C=O) groups excluding carboxylic acids is 4. The van der Waals surface area contributed by atoms with Gasteiger partial charge in [0.05, 0.1) is 19.6 Å². The Kier molecular flexibility index (Phi) is 11.9. The van der Waals surface area contributed by atoms with Crippen LogP contribution in [0.1, 0.15) is 85.1 Å². The molecule has 2 bridgehead atoms. The third-order valence-electron chi connectivity index (χ3n) is 13.9. The Balaban J connectivity index is 1.52. The molecule has 5 aliphatic rings. The lowest BCUT2D eigenvalue weighted by Crippen LogP contribution is -2.57. The number of Topliss-reactive ketones (excluding diaryl/α,β-unsaturated/α-hetero) is 1. The zero-order valence-corrected chi connectivity index (χ0v) is 34.6. The summed E-state index contributed by atoms with van der Waals surface area (Å²) in [4.78, 5) is 57.6. The molecule has 12 heteroatoms. The van der Waals surface area contributed by atoms with Gasteiger partial charge >= 0.3 is 24.1 Å². The number of methoxy groups -OCH3 is 3. The van der Waals surface area contributed by atoms with Crippen LogP contribution in [0, 0.1) is 40.4 Å². The first-order valence-corrected chi connectivity index (χ1v) is 20.2. The second-order valence-electron chi connectivity index (χ2n) is 16.8. The van der Waals surface area contributed by atoms with E-state index >= 15 is 18.0 Å². The molecule has 1 aliphatic heterocycles. The summed E-state index contributed by atoms with van der Waals surface area (Å²) in [5.74, 6) is -5.74. The van der Waals surface area contributed by atoms with Gasteiger partial charge in [-0.25, -0.2) is 14.4 Å². The highest BCUT2D eigenvalue weighted by molar-refractivity contribution is 6.22. The Morgan fingerprint density at radius 3 is 2.29 bits per heavy atom. The molecule has 1 fully saturated rings. The first-order chi connectivity index (χ1) is 27.5. The molecule has 0 radical (unpaired) electrons. The molecule has 314 valence electrons. The van der Waals surface area contributed by atoms with Gasteiger partial charge in [-0.2, -0.15) is 13.2 Å². The van der Waals surface area contributed by atoms with Crippen molar-refractivity contribution in [3.63, 3.8) is 0 Å². The summed E-state index contributed by atoms with van der Waals surface area (Å²) in [6.07, 6.45) is 8.18. The monoisotopic (exact) mass is 808 g/mol. The molecule has 1 spiro atoms. The topological polar surface area (TPSA) is 114 Å². The van der Waals surface area contributed by atoms with Crippen LogP contribution >= 0.6 is 0 Å². The van der Waals surface area contributed by atoms with E-state index in [9.17, 15) is 14.4 Å². The lowest BCUT2D eigenvalue weighted by Gasteiger charge is -2.54. The molecule has 0 amide bonds. The van der Waals surface area contributed by atoms with Crippen molar-refractivity contribution in [3.05, 3.63) is 94.8 Å². The summed E-state index contributed by atoms with van der Waals surface area (Å²) in [6, 6.07) is 6.69. The van der Waals surface area contributed by atoms with Gasteiger partial charge in [0.1, 0.15) is 11.7 Å². The largest absolute Gasteiger partial charge is 0.496 e. The van der Waals surface area contributed by atoms with Crippen LogP contribution in [-0.4, -0.2) is 62.9 Å². The lowest BCUT2D eigenvalue weighted by molar-refractivity contribution is -0.280. The Hall–Kier alpha value is -4.45. The zero-order chi connectivity index (χ0) is 42.4. The van der Waals surface area contributed by atoms with Gasteiger partial charge < -0.3 is 23.7 Å². The highest BCUT2D eigenvalue weighted by Crippen LogP contribution is 2.61. The number of halogens is 3. The van der Waals surface area contributed by atoms with Crippen molar-refractivity contribution in [1.82, 2.24) is 0 Å². The molecule has 6 rings (SSSR count). The smallest absolute Gasteiger partial charge is 0.432 e. The molecule has 10 atom stereocenters. The standard InChI is InChI=1S/C46H55F3O9/c1-9-29-25-44-38(54-6)35(40(52)58-44)37(50)43(10-2)30(17-15-14-16-27(3)24-42(44,5)26-33(29)39(51)55-7)21-22-32-34(43)23-20-28(4)36(32)57-41(53)45(56-8,46(47,48)49)31-18-12-11-13-19-31/h11-15,18-19,21-22,24,26,28-30,32,34,36H,9-10,16-17,20,23,25H2,1-8H3/t28-,29-,30+,32-,34+,36-,42-,43+,44+,45+/m0/s1. The van der Waals surface area contributed by atoms with Crippen LogP contribution in [0.5, 0.6) is 0 Å². The molecule has 0 N–H and O–H groups in total. The van der Waals surface area contributed by atoms with E-state index in [4.69, 9.17) is 23.7 Å². The van der Waals surface area contributed by atoms with Gasteiger partial charge in [-0.1, -0.05) is 93.1 Å². The van der Waals surface area contributed by atoms with Gasteiger partial charge in [-0.05, 0) is 76.0 Å². The van der Waals surface area contributed by atoms with Crippen LogP contribution in [0.15, 0.2) is 89.3 Å². The van der Waals surface area contributed by atoms with Crippen molar-refractivity contribution in [2.45, 2.75) is 103 Å². The van der Waals surface area contributed by atoms with E-state index < -0.39 is 87.2 Å². The van der Waals surface area contributed by atoms with Gasteiger partial charge in [-0.15, -0.1) is 0 Å². The molecular formula is C46H55F3O9. The minimum Gasteiger partial charge on any atom is -0.496 e. The molecule has 1 saturated carbocycles. The van der Waals surface area contributed by atoms with E-state index in [0.29, 0.717) is 37.7 Å². The van der Waals surface area contributed by atoms with Crippen molar-refractivity contribution in [2.24, 2.45) is 40.4 Å². The van der Waals surface area contributed by atoms with Gasteiger partial charge in [0.15, 0.2) is 17.1 Å². The van der Waals surface area contributed by atoms with Crippen molar-refractivity contribution < 1.29 is 56.0 Å². The predicted molar refractivity (Wildman–Crippen MR) is 208 cm³/mol. The first kappa shape index (κ1) is 43.1. The normalized spacial score (nSPS) is 34.7. The molecule has 1 aromatic carbocycles. The van der Waals surface area contributed by atoms with Gasteiger partial charge in [0.25, 0.3) is 5.60 Å². The summed E-state index contributed by atoms with van der Waals surface area (Å²) in [5, 5.41) is 0. The maximum Gasteiger partial charge on any atom is 0.432 e. The second-order valence-corrected chi connectivity index (χ2v) is 16.8. The predicted octanol–water partition coefficient (Wildman–Crippen LogP) is 8.84. The Morgan fingerprint density at radius 1 is 0.983 bits per heavy atom. The molecule has 0 saturated heterocycles. The van der Waals surface area contributed by atoms with E-state index in [1.165, 1.54) is 38.5 Å². The number of allylic oxidation sites excluding steroid dienone is 4. The minimum absolute atomic E-state index is 0.0858. The maximum absolute atomic E-state index is 15.8. The Bertz CT molecular complexity index is 1960. The van der Waals surface area contributed by atoms with Crippen LogP contribution in [0.25, 0.3) is 0 Å². The highest BCUT2D eigenvalue weighted by Gasteiger charge is 2.68. The number of hydrogen-bond donors (Lipinski definition) is 0. The molecule has 4 aliphatic carbocycles. The fourth-order valence-electron chi connectivity index (χ4n) is 11.0. The second kappa shape index (κ2) is 16.0. The number of alkyl halides is 3. The average Bonchev–Trinajstić information content (AvgIpc) is 3.49. The summed E-state index contributed by atoms with van der Waals surface area (Å²) >= 11 is 0. The SMILES string of the molecule is CC[C@H]1C[C@@]23OC(=O)C(=C2OC)C(=O)[C@@]2(CC)[C@@H]4CC[C@H](C)[C@H](OC(=O)[C@](OC)(c5ccccc5)C(F)(F)F)[C@H]4C=C[C@H]2CC=CCC(C)=C[C@@]3(C)C=C1C(=O)OC. The minimum atomic E-state index is -5.17. The van der Waals surface area contributed by atoms with Crippen LogP contribution < -0.4 is 0 Å². The highest BCUT2D eigenvalue weighted by atomic mass is 19.4. The molecule has 1 heterocycles. The lowest BCUT2D eigenvalue weighted by atomic mass is 9.50. The number of rotatable bonds is 8. The number of esters is 3. The summed E-state index contributed by atoms with van der Waals surface area (Å²) in [5.41, 5.74) is -6.54. The van der Waals surface area contributed by atoms with E-state index in [-0.39, 0.29) is 30.1 Å². The van der Waals surface area contributed by atoms with E-state index in [1.807, 2.05) is 65.0 Å². The third-order valence-corrected chi connectivity index (χ3v) is 13.9. The molecule has 58 heavy (non-hydrogen) atoms. The molecular weight excluding hydrogens is 753 g/mol. The quantitative estimate of drug-likeness (QED) is 0.110. The van der Waals surface area contributed by atoms with Crippen LogP contribution in [0.2, 0.25) is 0 Å². The third kappa shape index (κ3) is 6.48. The first-order valence-electron chi connectivity index (χ1n) is 20.2. The average molecular weight is 809 g/mol. The summed E-state index contributed by atoms with van der Waals surface area (Å²) in [7, 11) is 3.57. The number of ether oxygens (including phenoxy) is 5. The van der Waals surface area contributed by atoms with E-state index in [1.54, 1.807) is 12.1 Å². The van der Waals surface area contributed by atoms with Crippen molar-refractivity contribution in [2.75, 3.05) is 21.3 Å². The van der Waals surface area contributed by atoms with Gasteiger partial charge in [-0.3, -0.25) is 4.79 Å². The molecule has 9 nitrogen and oxygen atoms in total. The summed E-state index contributed by atoms with van der Waals surface area (Å²) < 4.78 is 74.0. The number of benzene rings is 1. The van der Waals surface area contributed by atoms with Crippen molar-refractivity contribution >= 4 is 23.7 Å². The van der Waals surface area contributed by atoms with Gasteiger partial charge in [0.2, 0.25) is 0 Å². The van der Waals surface area contributed by atoms with Crippen molar-refractivity contribution in [3.8, 4) is 0 Å². The van der Waals surface area contributed by atoms with E-state index in [0.717, 1.165) is 12.7 Å². The van der Waals surface area contributed by atoms with Gasteiger partial charge in [0, 0.05) is 36.0 Å².